The number of rotatable bonds is 4. The maximum Gasteiger partial charge on any atom is 0.0455 e. The summed E-state index contributed by atoms with van der Waals surface area (Å²) < 4.78 is 2.31. The lowest BCUT2D eigenvalue weighted by atomic mass is 10.1. The molecule has 2 nitrogen and oxygen atoms in total. The van der Waals surface area contributed by atoms with Crippen LogP contribution in [-0.2, 0) is 12.8 Å². The van der Waals surface area contributed by atoms with Gasteiger partial charge in [0.15, 0.2) is 0 Å². The molecule has 2 rings (SSSR count). The summed E-state index contributed by atoms with van der Waals surface area (Å²) in [4.78, 5) is 0. The lowest BCUT2D eigenvalue weighted by Crippen LogP contribution is -2.04. The van der Waals surface area contributed by atoms with Crippen molar-refractivity contribution in [3.05, 3.63) is 52.8 Å². The van der Waals surface area contributed by atoms with Crippen LogP contribution in [0, 0.1) is 13.8 Å². The highest BCUT2D eigenvalue weighted by molar-refractivity contribution is 5.42. The quantitative estimate of drug-likeness (QED) is 0.877. The molecule has 0 fully saturated rings. The first kappa shape index (κ1) is 12.9. The number of hydrogen-bond acceptors (Lipinski definition) is 1. The molecule has 0 saturated heterocycles. The van der Waals surface area contributed by atoms with Gasteiger partial charge in [0.2, 0.25) is 0 Å². The average Bonchev–Trinajstić information content (AvgIpc) is 2.65. The molecule has 2 heteroatoms. The van der Waals surface area contributed by atoms with Crippen LogP contribution in [0.25, 0.3) is 5.69 Å². The van der Waals surface area contributed by atoms with Crippen molar-refractivity contribution in [2.24, 2.45) is 5.73 Å². The summed E-state index contributed by atoms with van der Waals surface area (Å²) in [5.74, 6) is 0. The molecule has 0 unspecified atom stereocenters. The van der Waals surface area contributed by atoms with E-state index in [-0.39, 0.29) is 0 Å². The molecular formula is C16H22N2. The maximum atomic E-state index is 5.66. The van der Waals surface area contributed by atoms with E-state index in [1.54, 1.807) is 0 Å². The molecule has 2 N–H and O–H groups in total. The average molecular weight is 242 g/mol. The molecule has 18 heavy (non-hydrogen) atoms. The standard InChI is InChI=1S/C16H22N2/c1-4-14-5-7-16(8-6-14)18-12(2)11-15(9-10-17)13(18)3/h5-8,11H,4,9-10,17H2,1-3H3. The zero-order valence-corrected chi connectivity index (χ0v) is 11.5. The third-order valence-electron chi connectivity index (χ3n) is 3.55. The molecule has 2 aromatic rings. The second kappa shape index (κ2) is 5.40. The summed E-state index contributed by atoms with van der Waals surface area (Å²) in [5.41, 5.74) is 12.2. The highest BCUT2D eigenvalue weighted by Crippen LogP contribution is 2.21. The fraction of sp³-hybridized carbons (Fsp3) is 0.375. The largest absolute Gasteiger partial charge is 0.330 e. The van der Waals surface area contributed by atoms with Crippen molar-refractivity contribution in [3.8, 4) is 5.69 Å². The van der Waals surface area contributed by atoms with E-state index in [4.69, 9.17) is 5.73 Å². The van der Waals surface area contributed by atoms with Crippen LogP contribution in [0.1, 0.15) is 29.4 Å². The molecular weight excluding hydrogens is 220 g/mol. The Morgan fingerprint density at radius 1 is 1.11 bits per heavy atom. The summed E-state index contributed by atoms with van der Waals surface area (Å²) in [6.07, 6.45) is 2.04. The topological polar surface area (TPSA) is 30.9 Å². The molecule has 0 aliphatic heterocycles. The molecule has 0 atom stereocenters. The van der Waals surface area contributed by atoms with E-state index in [1.165, 1.54) is 28.2 Å². The number of nitrogens with zero attached hydrogens (tertiary/aromatic N) is 1. The van der Waals surface area contributed by atoms with Crippen LogP contribution in [0.2, 0.25) is 0 Å². The number of aromatic nitrogens is 1. The fourth-order valence-corrected chi connectivity index (χ4v) is 2.52. The third-order valence-corrected chi connectivity index (χ3v) is 3.55. The van der Waals surface area contributed by atoms with E-state index in [9.17, 15) is 0 Å². The molecule has 1 aromatic heterocycles. The molecule has 0 bridgehead atoms. The predicted molar refractivity (Wildman–Crippen MR) is 77.4 cm³/mol. The Labute approximate surface area is 109 Å². The van der Waals surface area contributed by atoms with Crippen molar-refractivity contribution < 1.29 is 0 Å². The van der Waals surface area contributed by atoms with E-state index in [1.807, 2.05) is 0 Å². The van der Waals surface area contributed by atoms with Crippen LogP contribution in [-0.4, -0.2) is 11.1 Å². The molecule has 1 heterocycles. The van der Waals surface area contributed by atoms with Gasteiger partial charge in [-0.05, 0) is 62.6 Å². The zero-order valence-electron chi connectivity index (χ0n) is 11.5. The highest BCUT2D eigenvalue weighted by Gasteiger charge is 2.09. The lowest BCUT2D eigenvalue weighted by Gasteiger charge is -2.10. The van der Waals surface area contributed by atoms with Crippen molar-refractivity contribution in [1.82, 2.24) is 4.57 Å². The Kier molecular flexibility index (Phi) is 3.87. The van der Waals surface area contributed by atoms with Gasteiger partial charge in [-0.3, -0.25) is 0 Å². The van der Waals surface area contributed by atoms with Gasteiger partial charge in [0, 0.05) is 17.1 Å². The Bertz CT molecular complexity index is 521. The number of aryl methyl sites for hydroxylation is 2. The molecule has 0 saturated carbocycles. The van der Waals surface area contributed by atoms with Gasteiger partial charge in [-0.25, -0.2) is 0 Å². The van der Waals surface area contributed by atoms with E-state index in [0.717, 1.165) is 12.8 Å². The van der Waals surface area contributed by atoms with Crippen molar-refractivity contribution in [2.75, 3.05) is 6.54 Å². The lowest BCUT2D eigenvalue weighted by molar-refractivity contribution is 0.919. The van der Waals surface area contributed by atoms with E-state index < -0.39 is 0 Å². The van der Waals surface area contributed by atoms with Crippen LogP contribution in [0.4, 0.5) is 0 Å². The maximum absolute atomic E-state index is 5.66. The molecule has 1 aromatic carbocycles. The molecule has 0 spiro atoms. The van der Waals surface area contributed by atoms with Crippen molar-refractivity contribution >= 4 is 0 Å². The number of nitrogens with two attached hydrogens (primary N) is 1. The minimum atomic E-state index is 0.707. The second-order valence-electron chi connectivity index (χ2n) is 4.79. The van der Waals surface area contributed by atoms with Crippen LogP contribution < -0.4 is 5.73 Å². The SMILES string of the molecule is CCc1ccc(-n2c(C)cc(CCN)c2C)cc1. The fourth-order valence-electron chi connectivity index (χ4n) is 2.52. The Balaban J connectivity index is 2.43. The molecule has 0 radical (unpaired) electrons. The molecule has 0 aliphatic rings. The molecule has 0 aliphatic carbocycles. The summed E-state index contributed by atoms with van der Waals surface area (Å²) in [6.45, 7) is 7.21. The highest BCUT2D eigenvalue weighted by atomic mass is 15.0. The monoisotopic (exact) mass is 242 g/mol. The van der Waals surface area contributed by atoms with Gasteiger partial charge in [-0.15, -0.1) is 0 Å². The van der Waals surface area contributed by atoms with Gasteiger partial charge in [0.1, 0.15) is 0 Å². The summed E-state index contributed by atoms with van der Waals surface area (Å²) >= 11 is 0. The van der Waals surface area contributed by atoms with Crippen molar-refractivity contribution in [2.45, 2.75) is 33.6 Å². The van der Waals surface area contributed by atoms with Gasteiger partial charge < -0.3 is 10.3 Å². The smallest absolute Gasteiger partial charge is 0.0455 e. The Hall–Kier alpha value is -1.54. The van der Waals surface area contributed by atoms with Gasteiger partial charge >= 0.3 is 0 Å². The first-order valence-electron chi connectivity index (χ1n) is 6.64. The Morgan fingerprint density at radius 2 is 1.78 bits per heavy atom. The van der Waals surface area contributed by atoms with Gasteiger partial charge in [0.25, 0.3) is 0 Å². The zero-order chi connectivity index (χ0) is 13.1. The van der Waals surface area contributed by atoms with E-state index >= 15 is 0 Å². The third kappa shape index (κ3) is 2.34. The van der Waals surface area contributed by atoms with Crippen molar-refractivity contribution in [1.29, 1.82) is 0 Å². The van der Waals surface area contributed by atoms with E-state index in [0.29, 0.717) is 6.54 Å². The number of hydrogen-bond donors (Lipinski definition) is 1. The van der Waals surface area contributed by atoms with Gasteiger partial charge in [-0.1, -0.05) is 19.1 Å². The van der Waals surface area contributed by atoms with Crippen LogP contribution in [0.3, 0.4) is 0 Å². The second-order valence-corrected chi connectivity index (χ2v) is 4.79. The van der Waals surface area contributed by atoms with E-state index in [2.05, 4.69) is 55.7 Å². The summed E-state index contributed by atoms with van der Waals surface area (Å²) in [6, 6.07) is 11.1. The van der Waals surface area contributed by atoms with Gasteiger partial charge in [-0.2, -0.15) is 0 Å². The first-order chi connectivity index (χ1) is 8.67. The Morgan fingerprint density at radius 3 is 2.33 bits per heavy atom. The van der Waals surface area contributed by atoms with Crippen molar-refractivity contribution in [3.63, 3.8) is 0 Å². The van der Waals surface area contributed by atoms with Gasteiger partial charge in [0.05, 0.1) is 0 Å². The first-order valence-corrected chi connectivity index (χ1v) is 6.64. The minimum absolute atomic E-state index is 0.707. The van der Waals surface area contributed by atoms with Crippen LogP contribution in [0.15, 0.2) is 30.3 Å². The molecule has 96 valence electrons. The summed E-state index contributed by atoms with van der Waals surface area (Å²) in [7, 11) is 0. The number of benzene rings is 1. The summed E-state index contributed by atoms with van der Waals surface area (Å²) in [5, 5.41) is 0. The van der Waals surface area contributed by atoms with Crippen LogP contribution in [0.5, 0.6) is 0 Å². The molecule has 0 amide bonds. The normalized spacial score (nSPS) is 10.9. The van der Waals surface area contributed by atoms with Crippen LogP contribution >= 0.6 is 0 Å². The minimum Gasteiger partial charge on any atom is -0.330 e. The predicted octanol–water partition coefficient (Wildman–Crippen LogP) is 3.16.